The largest absolute Gasteiger partial charge is 0.354 e. The highest BCUT2D eigenvalue weighted by molar-refractivity contribution is 7.17. The Balaban J connectivity index is 1.73. The van der Waals surface area contributed by atoms with Crippen LogP contribution in [0.15, 0.2) is 35.1 Å². The lowest BCUT2D eigenvalue weighted by Gasteiger charge is -2.05. The Morgan fingerprint density at radius 3 is 2.88 bits per heavy atom. The molecule has 1 N–H and O–H groups in total. The SMILES string of the molecule is CNC(=O)c1c(C)sc2nc(Cc3cccc(C4CC4)c3)cc(=O)n12. The van der Waals surface area contributed by atoms with Gasteiger partial charge in [-0.25, -0.2) is 9.38 Å². The van der Waals surface area contributed by atoms with E-state index in [1.807, 2.05) is 6.92 Å². The van der Waals surface area contributed by atoms with E-state index in [0.717, 1.165) is 10.6 Å². The average Bonchev–Trinajstić information content (AvgIpc) is 3.37. The van der Waals surface area contributed by atoms with Crippen molar-refractivity contribution >= 4 is 22.2 Å². The first-order valence-corrected chi connectivity index (χ1v) is 9.21. The molecule has 1 amide bonds. The average molecular weight is 353 g/mol. The van der Waals surface area contributed by atoms with E-state index in [2.05, 4.69) is 34.6 Å². The van der Waals surface area contributed by atoms with E-state index in [0.29, 0.717) is 23.0 Å². The molecule has 25 heavy (non-hydrogen) atoms. The number of carbonyl (C=O) groups excluding carboxylic acids is 1. The van der Waals surface area contributed by atoms with E-state index in [1.165, 1.54) is 45.8 Å². The maximum Gasteiger partial charge on any atom is 0.269 e. The van der Waals surface area contributed by atoms with Crippen molar-refractivity contribution < 1.29 is 4.79 Å². The number of rotatable bonds is 4. The van der Waals surface area contributed by atoms with Gasteiger partial charge >= 0.3 is 0 Å². The van der Waals surface area contributed by atoms with Gasteiger partial charge in [0, 0.05) is 24.4 Å². The van der Waals surface area contributed by atoms with Crippen LogP contribution in [-0.4, -0.2) is 22.3 Å². The first kappa shape index (κ1) is 16.0. The summed E-state index contributed by atoms with van der Waals surface area (Å²) < 4.78 is 1.41. The van der Waals surface area contributed by atoms with Crippen LogP contribution < -0.4 is 10.9 Å². The van der Waals surface area contributed by atoms with Crippen LogP contribution in [0.1, 0.15) is 50.9 Å². The van der Waals surface area contributed by atoms with Gasteiger partial charge in [-0.1, -0.05) is 24.3 Å². The number of fused-ring (bicyclic) bond motifs is 1. The summed E-state index contributed by atoms with van der Waals surface area (Å²) in [5.41, 5.74) is 3.45. The summed E-state index contributed by atoms with van der Waals surface area (Å²) in [6.45, 7) is 1.84. The van der Waals surface area contributed by atoms with E-state index >= 15 is 0 Å². The molecule has 1 saturated carbocycles. The zero-order chi connectivity index (χ0) is 17.6. The number of hydrogen-bond donors (Lipinski definition) is 1. The molecule has 1 aromatic carbocycles. The summed E-state index contributed by atoms with van der Waals surface area (Å²) in [5.74, 6) is 0.439. The Morgan fingerprint density at radius 2 is 2.16 bits per heavy atom. The number of thiazole rings is 1. The molecule has 4 rings (SSSR count). The van der Waals surface area contributed by atoms with Crippen LogP contribution in [-0.2, 0) is 6.42 Å². The third-order valence-electron chi connectivity index (χ3n) is 4.57. The highest BCUT2D eigenvalue weighted by Gasteiger charge is 2.23. The van der Waals surface area contributed by atoms with Crippen molar-refractivity contribution in [2.45, 2.75) is 32.1 Å². The molecule has 1 fully saturated rings. The second-order valence-electron chi connectivity index (χ2n) is 6.49. The van der Waals surface area contributed by atoms with E-state index in [-0.39, 0.29) is 11.5 Å². The number of nitrogens with zero attached hydrogens (tertiary/aromatic N) is 2. The standard InChI is InChI=1S/C19H19N3O2S/c1-11-17(18(24)20-2)22-16(23)10-15(21-19(22)25-11)9-12-4-3-5-14(8-12)13-6-7-13/h3-5,8,10,13H,6-7,9H2,1-2H3,(H,20,24). The van der Waals surface area contributed by atoms with Crippen LogP contribution in [0, 0.1) is 6.92 Å². The van der Waals surface area contributed by atoms with Gasteiger partial charge in [-0.2, -0.15) is 0 Å². The molecule has 128 valence electrons. The van der Waals surface area contributed by atoms with Gasteiger partial charge in [-0.05, 0) is 36.8 Å². The van der Waals surface area contributed by atoms with Crippen LogP contribution in [0.5, 0.6) is 0 Å². The van der Waals surface area contributed by atoms with Gasteiger partial charge in [-0.3, -0.25) is 9.59 Å². The van der Waals surface area contributed by atoms with E-state index < -0.39 is 0 Å². The maximum absolute atomic E-state index is 12.6. The molecule has 5 nitrogen and oxygen atoms in total. The van der Waals surface area contributed by atoms with Gasteiger partial charge < -0.3 is 5.32 Å². The zero-order valence-corrected chi connectivity index (χ0v) is 15.0. The second-order valence-corrected chi connectivity index (χ2v) is 7.67. The molecule has 6 heteroatoms. The normalized spacial score (nSPS) is 14.0. The number of nitrogens with one attached hydrogen (secondary N) is 1. The van der Waals surface area contributed by atoms with Gasteiger partial charge in [-0.15, -0.1) is 11.3 Å². The molecule has 2 aromatic heterocycles. The molecule has 3 aromatic rings. The number of amides is 1. The van der Waals surface area contributed by atoms with Gasteiger partial charge in [0.25, 0.3) is 11.5 Å². The van der Waals surface area contributed by atoms with Gasteiger partial charge in [0.2, 0.25) is 0 Å². The molecule has 1 aliphatic carbocycles. The third-order valence-corrected chi connectivity index (χ3v) is 5.53. The first-order chi connectivity index (χ1) is 12.1. The minimum atomic E-state index is -0.266. The highest BCUT2D eigenvalue weighted by atomic mass is 32.1. The summed E-state index contributed by atoms with van der Waals surface area (Å²) in [5, 5.41) is 2.58. The van der Waals surface area contributed by atoms with Crippen molar-refractivity contribution in [3.8, 4) is 0 Å². The number of hydrogen-bond acceptors (Lipinski definition) is 4. The van der Waals surface area contributed by atoms with Crippen molar-refractivity contribution in [1.82, 2.24) is 14.7 Å². The van der Waals surface area contributed by atoms with Crippen molar-refractivity contribution in [3.63, 3.8) is 0 Å². The molecule has 0 radical (unpaired) electrons. The van der Waals surface area contributed by atoms with Crippen molar-refractivity contribution in [3.05, 3.63) is 68.1 Å². The second kappa shape index (κ2) is 6.11. The van der Waals surface area contributed by atoms with E-state index in [1.54, 1.807) is 7.05 Å². The first-order valence-electron chi connectivity index (χ1n) is 8.40. The number of benzene rings is 1. The summed E-state index contributed by atoms with van der Waals surface area (Å²) in [4.78, 5) is 30.6. The molecule has 2 heterocycles. The topological polar surface area (TPSA) is 63.5 Å². The molecule has 0 aliphatic heterocycles. The molecule has 0 bridgehead atoms. The molecular formula is C19H19N3O2S. The highest BCUT2D eigenvalue weighted by Crippen LogP contribution is 2.40. The molecule has 0 spiro atoms. The number of aromatic nitrogens is 2. The lowest BCUT2D eigenvalue weighted by Crippen LogP contribution is -2.25. The van der Waals surface area contributed by atoms with Gasteiger partial charge in [0.1, 0.15) is 5.69 Å². The fraction of sp³-hybridized carbons (Fsp3) is 0.316. The fourth-order valence-electron chi connectivity index (χ4n) is 3.18. The van der Waals surface area contributed by atoms with Crippen LogP contribution in [0.2, 0.25) is 0 Å². The van der Waals surface area contributed by atoms with Crippen molar-refractivity contribution in [2.75, 3.05) is 7.05 Å². The van der Waals surface area contributed by atoms with Crippen LogP contribution >= 0.6 is 11.3 Å². The molecule has 1 aliphatic rings. The molecule has 0 saturated heterocycles. The van der Waals surface area contributed by atoms with Crippen molar-refractivity contribution in [1.29, 1.82) is 0 Å². The molecular weight excluding hydrogens is 334 g/mol. The number of aryl methyl sites for hydroxylation is 1. The lowest BCUT2D eigenvalue weighted by atomic mass is 10.0. The Bertz CT molecular complexity index is 1030. The Hall–Kier alpha value is -2.47. The lowest BCUT2D eigenvalue weighted by molar-refractivity contribution is 0.0956. The summed E-state index contributed by atoms with van der Waals surface area (Å²) >= 11 is 1.37. The zero-order valence-electron chi connectivity index (χ0n) is 14.2. The molecule has 0 atom stereocenters. The van der Waals surface area contributed by atoms with E-state index in [9.17, 15) is 9.59 Å². The third kappa shape index (κ3) is 2.98. The van der Waals surface area contributed by atoms with Crippen LogP contribution in [0.4, 0.5) is 0 Å². The minimum Gasteiger partial charge on any atom is -0.354 e. The smallest absolute Gasteiger partial charge is 0.269 e. The quantitative estimate of drug-likeness (QED) is 0.784. The van der Waals surface area contributed by atoms with Crippen LogP contribution in [0.3, 0.4) is 0 Å². The van der Waals surface area contributed by atoms with Crippen LogP contribution in [0.25, 0.3) is 4.96 Å². The monoisotopic (exact) mass is 353 g/mol. The predicted molar refractivity (Wildman–Crippen MR) is 98.7 cm³/mol. The Morgan fingerprint density at radius 1 is 1.36 bits per heavy atom. The fourth-order valence-corrected chi connectivity index (χ4v) is 4.17. The molecule has 0 unspecified atom stereocenters. The van der Waals surface area contributed by atoms with Gasteiger partial charge in [0.05, 0.1) is 5.69 Å². The van der Waals surface area contributed by atoms with Gasteiger partial charge in [0.15, 0.2) is 4.96 Å². The Labute approximate surface area is 149 Å². The minimum absolute atomic E-state index is 0.207. The summed E-state index contributed by atoms with van der Waals surface area (Å²) in [7, 11) is 1.56. The van der Waals surface area contributed by atoms with E-state index in [4.69, 9.17) is 0 Å². The summed E-state index contributed by atoms with van der Waals surface area (Å²) in [6.07, 6.45) is 3.16. The predicted octanol–water partition coefficient (Wildman–Crippen LogP) is 2.89. The summed E-state index contributed by atoms with van der Waals surface area (Å²) in [6, 6.07) is 10.1. The van der Waals surface area contributed by atoms with Crippen molar-refractivity contribution in [2.24, 2.45) is 0 Å². The Kier molecular flexibility index (Phi) is 3.92. The maximum atomic E-state index is 12.6. The number of carbonyl (C=O) groups is 1.